The molecule has 0 radical (unpaired) electrons. The summed E-state index contributed by atoms with van der Waals surface area (Å²) in [5.41, 5.74) is 5.90. The Morgan fingerprint density at radius 1 is 1.50 bits per heavy atom. The lowest BCUT2D eigenvalue weighted by Gasteiger charge is -2.40. The fraction of sp³-hybridized carbons (Fsp3) is 0.500. The number of halogens is 1. The maximum atomic E-state index is 13.7. The van der Waals surface area contributed by atoms with E-state index in [4.69, 9.17) is 10.5 Å². The Bertz CT molecular complexity index is 372. The van der Waals surface area contributed by atoms with E-state index in [1.807, 2.05) is 0 Å². The van der Waals surface area contributed by atoms with Gasteiger partial charge in [0, 0.05) is 18.1 Å². The topological polar surface area (TPSA) is 55.5 Å². The summed E-state index contributed by atoms with van der Waals surface area (Å²) in [4.78, 5) is 0. The van der Waals surface area contributed by atoms with Gasteiger partial charge in [-0.1, -0.05) is 18.2 Å². The van der Waals surface area contributed by atoms with Crippen molar-refractivity contribution in [1.82, 2.24) is 0 Å². The van der Waals surface area contributed by atoms with Gasteiger partial charge in [0.15, 0.2) is 0 Å². The quantitative estimate of drug-likeness (QED) is 0.789. The number of hydrogen-bond acceptors (Lipinski definition) is 3. The summed E-state index contributed by atoms with van der Waals surface area (Å²) in [6.45, 7) is 0.785. The first-order valence-corrected chi connectivity index (χ1v) is 5.41. The van der Waals surface area contributed by atoms with E-state index in [0.717, 1.165) is 0 Å². The second-order valence-corrected chi connectivity index (χ2v) is 4.22. The first kappa shape index (κ1) is 11.5. The van der Waals surface area contributed by atoms with Crippen LogP contribution >= 0.6 is 0 Å². The van der Waals surface area contributed by atoms with Crippen molar-refractivity contribution in [3.05, 3.63) is 35.6 Å². The molecule has 1 saturated heterocycles. The van der Waals surface area contributed by atoms with E-state index in [1.165, 1.54) is 6.07 Å². The monoisotopic (exact) mass is 225 g/mol. The molecule has 0 aromatic heterocycles. The Hall–Kier alpha value is -0.970. The van der Waals surface area contributed by atoms with Gasteiger partial charge in [0.05, 0.1) is 18.8 Å². The molecule has 16 heavy (non-hydrogen) atoms. The predicted octanol–water partition coefficient (Wildman–Crippen LogP) is 1.01. The number of benzene rings is 1. The van der Waals surface area contributed by atoms with Crippen LogP contribution in [0.1, 0.15) is 12.0 Å². The normalized spacial score (nSPS) is 30.3. The molecule has 0 spiro atoms. The standard InChI is InChI=1S/C12H16FNO2/c13-11-4-2-1-3-10(11)12(14)5-6-16-8-9(12)7-15/h1-4,9,15H,5-8,14H2/t9-,12+/m1/s1. The minimum absolute atomic E-state index is 0.0924. The second kappa shape index (κ2) is 4.49. The van der Waals surface area contributed by atoms with Crippen LogP contribution in [0.3, 0.4) is 0 Å². The van der Waals surface area contributed by atoms with Crippen molar-refractivity contribution in [2.75, 3.05) is 19.8 Å². The molecule has 3 nitrogen and oxygen atoms in total. The number of hydrogen-bond donors (Lipinski definition) is 2. The van der Waals surface area contributed by atoms with Gasteiger partial charge in [-0.3, -0.25) is 0 Å². The minimum Gasteiger partial charge on any atom is -0.396 e. The molecule has 1 aliphatic heterocycles. The van der Waals surface area contributed by atoms with E-state index in [0.29, 0.717) is 25.2 Å². The van der Waals surface area contributed by atoms with Crippen molar-refractivity contribution in [2.24, 2.45) is 11.7 Å². The maximum Gasteiger partial charge on any atom is 0.128 e. The number of aliphatic hydroxyl groups is 1. The van der Waals surface area contributed by atoms with Gasteiger partial charge in [-0.05, 0) is 12.5 Å². The highest BCUT2D eigenvalue weighted by Gasteiger charge is 2.40. The summed E-state index contributed by atoms with van der Waals surface area (Å²) in [6.07, 6.45) is 0.527. The molecule has 1 aromatic rings. The number of nitrogens with two attached hydrogens (primary N) is 1. The van der Waals surface area contributed by atoms with Gasteiger partial charge in [0.2, 0.25) is 0 Å². The zero-order valence-electron chi connectivity index (χ0n) is 9.03. The zero-order valence-corrected chi connectivity index (χ0v) is 9.03. The molecule has 0 saturated carbocycles. The van der Waals surface area contributed by atoms with Crippen LogP contribution in [0.15, 0.2) is 24.3 Å². The molecule has 0 amide bonds. The highest BCUT2D eigenvalue weighted by atomic mass is 19.1. The fourth-order valence-electron chi connectivity index (χ4n) is 2.23. The largest absolute Gasteiger partial charge is 0.396 e. The molecule has 3 N–H and O–H groups in total. The lowest BCUT2D eigenvalue weighted by Crippen LogP contribution is -2.52. The van der Waals surface area contributed by atoms with E-state index in [1.54, 1.807) is 18.2 Å². The van der Waals surface area contributed by atoms with Crippen molar-refractivity contribution in [1.29, 1.82) is 0 Å². The van der Waals surface area contributed by atoms with Crippen LogP contribution in [-0.2, 0) is 10.3 Å². The van der Waals surface area contributed by atoms with Crippen molar-refractivity contribution in [3.8, 4) is 0 Å². The van der Waals surface area contributed by atoms with Crippen LogP contribution in [0.25, 0.3) is 0 Å². The molecule has 0 unspecified atom stereocenters. The fourth-order valence-corrected chi connectivity index (χ4v) is 2.23. The van der Waals surface area contributed by atoms with Crippen molar-refractivity contribution in [3.63, 3.8) is 0 Å². The van der Waals surface area contributed by atoms with Gasteiger partial charge in [-0.2, -0.15) is 0 Å². The van der Waals surface area contributed by atoms with E-state index in [2.05, 4.69) is 0 Å². The predicted molar refractivity (Wildman–Crippen MR) is 58.3 cm³/mol. The first-order chi connectivity index (χ1) is 7.68. The van der Waals surface area contributed by atoms with Crippen LogP contribution in [0, 0.1) is 11.7 Å². The Morgan fingerprint density at radius 3 is 2.94 bits per heavy atom. The van der Waals surface area contributed by atoms with Crippen LogP contribution in [0.5, 0.6) is 0 Å². The lowest BCUT2D eigenvalue weighted by atomic mass is 9.75. The van der Waals surface area contributed by atoms with Gasteiger partial charge in [0.25, 0.3) is 0 Å². The maximum absolute atomic E-state index is 13.7. The highest BCUT2D eigenvalue weighted by Crippen LogP contribution is 2.35. The average Bonchev–Trinajstić information content (AvgIpc) is 2.30. The van der Waals surface area contributed by atoms with Crippen molar-refractivity contribution >= 4 is 0 Å². The smallest absolute Gasteiger partial charge is 0.128 e. The third-order valence-corrected chi connectivity index (χ3v) is 3.30. The number of aliphatic hydroxyl groups excluding tert-OH is 1. The van der Waals surface area contributed by atoms with Gasteiger partial charge >= 0.3 is 0 Å². The molecule has 1 aromatic carbocycles. The third-order valence-electron chi connectivity index (χ3n) is 3.30. The summed E-state index contributed by atoms with van der Waals surface area (Å²) < 4.78 is 19.0. The second-order valence-electron chi connectivity index (χ2n) is 4.22. The van der Waals surface area contributed by atoms with Crippen LogP contribution in [0.2, 0.25) is 0 Å². The zero-order chi connectivity index (χ0) is 11.6. The number of rotatable bonds is 2. The van der Waals surface area contributed by atoms with E-state index < -0.39 is 5.54 Å². The SMILES string of the molecule is N[C@@]1(c2ccccc2F)CCOC[C@H]1CO. The average molecular weight is 225 g/mol. The van der Waals surface area contributed by atoms with Crippen molar-refractivity contribution < 1.29 is 14.2 Å². The lowest BCUT2D eigenvalue weighted by molar-refractivity contribution is -0.0241. The van der Waals surface area contributed by atoms with Gasteiger partial charge in [-0.15, -0.1) is 0 Å². The molecule has 88 valence electrons. The minimum atomic E-state index is -0.821. The van der Waals surface area contributed by atoms with Crippen LogP contribution < -0.4 is 5.73 Å². The van der Waals surface area contributed by atoms with Gasteiger partial charge in [-0.25, -0.2) is 4.39 Å². The number of ether oxygens (including phenoxy) is 1. The molecule has 1 aliphatic rings. The van der Waals surface area contributed by atoms with E-state index in [9.17, 15) is 9.50 Å². The third kappa shape index (κ3) is 1.84. The van der Waals surface area contributed by atoms with Gasteiger partial charge in [0.1, 0.15) is 5.82 Å². The summed E-state index contributed by atoms with van der Waals surface area (Å²) in [5.74, 6) is -0.566. The summed E-state index contributed by atoms with van der Waals surface area (Å²) >= 11 is 0. The van der Waals surface area contributed by atoms with Crippen molar-refractivity contribution in [2.45, 2.75) is 12.0 Å². The molecule has 0 bridgehead atoms. The van der Waals surface area contributed by atoms with E-state index in [-0.39, 0.29) is 18.3 Å². The molecule has 2 rings (SSSR count). The summed E-state index contributed by atoms with van der Waals surface area (Å²) in [7, 11) is 0. The van der Waals surface area contributed by atoms with E-state index >= 15 is 0 Å². The Kier molecular flexibility index (Phi) is 3.23. The Morgan fingerprint density at radius 2 is 2.25 bits per heavy atom. The summed E-state index contributed by atoms with van der Waals surface area (Å²) in [6, 6.07) is 6.48. The van der Waals surface area contributed by atoms with Gasteiger partial charge < -0.3 is 15.6 Å². The molecular formula is C12H16FNO2. The Balaban J connectivity index is 2.39. The highest BCUT2D eigenvalue weighted by molar-refractivity contribution is 5.27. The summed E-state index contributed by atoms with van der Waals surface area (Å²) in [5, 5.41) is 9.30. The van der Waals surface area contributed by atoms with Crippen LogP contribution in [0.4, 0.5) is 4.39 Å². The molecular weight excluding hydrogens is 209 g/mol. The molecule has 2 atom stereocenters. The molecule has 1 heterocycles. The molecule has 4 heteroatoms. The van der Waals surface area contributed by atoms with Crippen LogP contribution in [-0.4, -0.2) is 24.9 Å². The first-order valence-electron chi connectivity index (χ1n) is 5.41. The molecule has 1 fully saturated rings. The molecule has 0 aliphatic carbocycles. The Labute approximate surface area is 94.0 Å².